The van der Waals surface area contributed by atoms with Gasteiger partial charge in [-0.25, -0.2) is 0 Å². The van der Waals surface area contributed by atoms with Crippen molar-refractivity contribution in [1.82, 2.24) is 19.9 Å². The molecular weight excluding hydrogens is 290 g/mol. The normalized spacial score (nSPS) is 17.8. The fourth-order valence-corrected chi connectivity index (χ4v) is 2.95. The summed E-state index contributed by atoms with van der Waals surface area (Å²) in [6.45, 7) is 8.77. The quantitative estimate of drug-likeness (QED) is 0.861. The predicted molar refractivity (Wildman–Crippen MR) is 85.5 cm³/mol. The Morgan fingerprint density at radius 3 is 2.74 bits per heavy atom. The van der Waals surface area contributed by atoms with Crippen molar-refractivity contribution in [3.8, 4) is 6.07 Å². The number of benzene rings is 1. The molecule has 1 unspecified atom stereocenters. The molecule has 0 amide bonds. The number of piperazine rings is 1. The molecule has 0 aliphatic carbocycles. The van der Waals surface area contributed by atoms with Crippen molar-refractivity contribution in [2.45, 2.75) is 26.4 Å². The maximum absolute atomic E-state index is 8.98. The minimum atomic E-state index is 0.153. The van der Waals surface area contributed by atoms with Crippen molar-refractivity contribution in [3.63, 3.8) is 0 Å². The Morgan fingerprint density at radius 1 is 1.30 bits per heavy atom. The third kappa shape index (κ3) is 3.76. The Hall–Kier alpha value is -2.23. The lowest BCUT2D eigenvalue weighted by Crippen LogP contribution is -2.46. The summed E-state index contributed by atoms with van der Waals surface area (Å²) in [5.74, 6) is 1.38. The lowest BCUT2D eigenvalue weighted by atomic mass is 10.1. The van der Waals surface area contributed by atoms with E-state index in [9.17, 15) is 0 Å². The van der Waals surface area contributed by atoms with E-state index in [4.69, 9.17) is 9.78 Å². The molecule has 1 aromatic heterocycles. The van der Waals surface area contributed by atoms with Crippen LogP contribution in [0, 0.1) is 18.3 Å². The van der Waals surface area contributed by atoms with Crippen LogP contribution in [0.3, 0.4) is 0 Å². The van der Waals surface area contributed by atoms with Gasteiger partial charge in [-0.15, -0.1) is 0 Å². The van der Waals surface area contributed by atoms with Gasteiger partial charge in [-0.3, -0.25) is 9.80 Å². The molecule has 0 bridgehead atoms. The van der Waals surface area contributed by atoms with Crippen molar-refractivity contribution in [2.75, 3.05) is 26.2 Å². The molecule has 1 aromatic carbocycles. The molecule has 1 aliphatic heterocycles. The molecule has 120 valence electrons. The molecule has 1 saturated heterocycles. The van der Waals surface area contributed by atoms with Gasteiger partial charge >= 0.3 is 0 Å². The summed E-state index contributed by atoms with van der Waals surface area (Å²) in [5.41, 5.74) is 1.92. The van der Waals surface area contributed by atoms with Crippen LogP contribution in [-0.4, -0.2) is 46.1 Å². The fourth-order valence-electron chi connectivity index (χ4n) is 2.95. The number of nitrogens with zero attached hydrogens (tertiary/aromatic N) is 5. The first-order chi connectivity index (χ1) is 11.2. The molecule has 6 nitrogen and oxygen atoms in total. The minimum absolute atomic E-state index is 0.153. The summed E-state index contributed by atoms with van der Waals surface area (Å²) >= 11 is 0. The second-order valence-electron chi connectivity index (χ2n) is 5.98. The first kappa shape index (κ1) is 15.7. The zero-order chi connectivity index (χ0) is 16.2. The van der Waals surface area contributed by atoms with Crippen LogP contribution in [0.4, 0.5) is 0 Å². The Labute approximate surface area is 136 Å². The molecule has 2 heterocycles. The highest BCUT2D eigenvalue weighted by Gasteiger charge is 2.25. The molecule has 0 N–H and O–H groups in total. The summed E-state index contributed by atoms with van der Waals surface area (Å²) in [7, 11) is 0. The van der Waals surface area contributed by atoms with Crippen LogP contribution in [0.5, 0.6) is 0 Å². The predicted octanol–water partition coefficient (Wildman–Crippen LogP) is 2.13. The molecule has 0 saturated carbocycles. The summed E-state index contributed by atoms with van der Waals surface area (Å²) < 4.78 is 5.28. The van der Waals surface area contributed by atoms with Crippen LogP contribution in [0.1, 0.15) is 35.8 Å². The molecule has 1 aliphatic rings. The van der Waals surface area contributed by atoms with Crippen molar-refractivity contribution in [3.05, 3.63) is 47.1 Å². The van der Waals surface area contributed by atoms with Crippen molar-refractivity contribution in [1.29, 1.82) is 5.26 Å². The summed E-state index contributed by atoms with van der Waals surface area (Å²) in [5, 5.41) is 12.9. The van der Waals surface area contributed by atoms with E-state index in [0.717, 1.165) is 38.3 Å². The third-order valence-corrected chi connectivity index (χ3v) is 4.32. The Kier molecular flexibility index (Phi) is 4.70. The number of aryl methyl sites for hydroxylation is 1. The van der Waals surface area contributed by atoms with E-state index in [1.165, 1.54) is 5.56 Å². The van der Waals surface area contributed by atoms with Gasteiger partial charge in [-0.2, -0.15) is 10.2 Å². The first-order valence-electron chi connectivity index (χ1n) is 7.91. The molecule has 6 heteroatoms. The fraction of sp³-hybridized carbons (Fsp3) is 0.471. The first-order valence-corrected chi connectivity index (χ1v) is 7.91. The van der Waals surface area contributed by atoms with E-state index in [1.54, 1.807) is 0 Å². The van der Waals surface area contributed by atoms with Gasteiger partial charge in [-0.05, 0) is 31.5 Å². The second kappa shape index (κ2) is 6.90. The van der Waals surface area contributed by atoms with E-state index in [1.807, 2.05) is 25.1 Å². The van der Waals surface area contributed by atoms with E-state index in [0.29, 0.717) is 11.7 Å². The number of nitriles is 1. The monoisotopic (exact) mass is 311 g/mol. The SMILES string of the molecule is Cc1noc(C(C)N2CCN(Cc3cccc(C#N)c3)CC2)n1. The molecule has 1 atom stereocenters. The lowest BCUT2D eigenvalue weighted by Gasteiger charge is -2.36. The number of hydrogen-bond donors (Lipinski definition) is 0. The summed E-state index contributed by atoms with van der Waals surface area (Å²) in [4.78, 5) is 9.11. The van der Waals surface area contributed by atoms with Crippen LogP contribution in [-0.2, 0) is 6.54 Å². The molecule has 0 radical (unpaired) electrons. The van der Waals surface area contributed by atoms with Gasteiger partial charge in [0.15, 0.2) is 5.82 Å². The van der Waals surface area contributed by atoms with E-state index in [-0.39, 0.29) is 6.04 Å². The van der Waals surface area contributed by atoms with Gasteiger partial charge in [0.2, 0.25) is 5.89 Å². The summed E-state index contributed by atoms with van der Waals surface area (Å²) in [6, 6.07) is 10.2. The smallest absolute Gasteiger partial charge is 0.243 e. The van der Waals surface area contributed by atoms with Gasteiger partial charge in [0.25, 0.3) is 0 Å². The van der Waals surface area contributed by atoms with Crippen LogP contribution >= 0.6 is 0 Å². The molecule has 1 fully saturated rings. The average molecular weight is 311 g/mol. The van der Waals surface area contributed by atoms with Crippen LogP contribution in [0.15, 0.2) is 28.8 Å². The van der Waals surface area contributed by atoms with E-state index < -0.39 is 0 Å². The Morgan fingerprint density at radius 2 is 2.09 bits per heavy atom. The van der Waals surface area contributed by atoms with Gasteiger partial charge < -0.3 is 4.52 Å². The van der Waals surface area contributed by atoms with Gasteiger partial charge in [-0.1, -0.05) is 17.3 Å². The van der Waals surface area contributed by atoms with E-state index >= 15 is 0 Å². The Bertz CT molecular complexity index is 697. The topological polar surface area (TPSA) is 69.2 Å². The van der Waals surface area contributed by atoms with Crippen molar-refractivity contribution < 1.29 is 4.52 Å². The number of hydrogen-bond acceptors (Lipinski definition) is 6. The maximum Gasteiger partial charge on any atom is 0.243 e. The Balaban J connectivity index is 1.55. The second-order valence-corrected chi connectivity index (χ2v) is 5.98. The molecule has 23 heavy (non-hydrogen) atoms. The zero-order valence-electron chi connectivity index (χ0n) is 13.6. The van der Waals surface area contributed by atoms with Crippen LogP contribution < -0.4 is 0 Å². The maximum atomic E-state index is 8.98. The molecule has 2 aromatic rings. The van der Waals surface area contributed by atoms with Crippen molar-refractivity contribution >= 4 is 0 Å². The molecular formula is C17H21N5O. The highest BCUT2D eigenvalue weighted by molar-refractivity contribution is 5.32. The number of aromatic nitrogens is 2. The molecule has 0 spiro atoms. The summed E-state index contributed by atoms with van der Waals surface area (Å²) in [6.07, 6.45) is 0. The van der Waals surface area contributed by atoms with Crippen LogP contribution in [0.25, 0.3) is 0 Å². The van der Waals surface area contributed by atoms with Gasteiger partial charge in [0.1, 0.15) is 0 Å². The largest absolute Gasteiger partial charge is 0.338 e. The van der Waals surface area contributed by atoms with E-state index in [2.05, 4.69) is 39.0 Å². The zero-order valence-corrected chi connectivity index (χ0v) is 13.6. The molecule has 3 rings (SSSR count). The lowest BCUT2D eigenvalue weighted by molar-refractivity contribution is 0.0845. The van der Waals surface area contributed by atoms with Crippen LogP contribution in [0.2, 0.25) is 0 Å². The highest BCUT2D eigenvalue weighted by Crippen LogP contribution is 2.20. The average Bonchev–Trinajstić information content (AvgIpc) is 3.01. The highest BCUT2D eigenvalue weighted by atomic mass is 16.5. The van der Waals surface area contributed by atoms with Gasteiger partial charge in [0, 0.05) is 32.7 Å². The van der Waals surface area contributed by atoms with Crippen molar-refractivity contribution in [2.24, 2.45) is 0 Å². The standard InChI is InChI=1S/C17H21N5O/c1-13(17-19-14(2)20-23-17)22-8-6-21(7-9-22)12-16-5-3-4-15(10-16)11-18/h3-5,10,13H,6-9,12H2,1-2H3. The minimum Gasteiger partial charge on any atom is -0.338 e. The third-order valence-electron chi connectivity index (χ3n) is 4.32. The van der Waals surface area contributed by atoms with Gasteiger partial charge in [0.05, 0.1) is 17.7 Å². The number of rotatable bonds is 4.